The number of ether oxygens (including phenoxy) is 1. The van der Waals surface area contributed by atoms with Gasteiger partial charge in [-0.3, -0.25) is 4.79 Å². The first-order chi connectivity index (χ1) is 12.4. The Kier molecular flexibility index (Phi) is 5.36. The first kappa shape index (κ1) is 18.1. The summed E-state index contributed by atoms with van der Waals surface area (Å²) in [5.41, 5.74) is 0.794. The van der Waals surface area contributed by atoms with E-state index in [4.69, 9.17) is 4.74 Å². The molecule has 2 N–H and O–H groups in total. The van der Waals surface area contributed by atoms with Gasteiger partial charge in [0.2, 0.25) is 0 Å². The summed E-state index contributed by atoms with van der Waals surface area (Å²) < 4.78 is 28.3. The van der Waals surface area contributed by atoms with E-state index in [1.54, 1.807) is 24.3 Å². The van der Waals surface area contributed by atoms with Gasteiger partial charge in [-0.15, -0.1) is 0 Å². The standard InChI is InChI=1S/C17H20N4O4S/c1-2-25-14-5-3-12(4-6-14)21-17(22)15-9-19-16(10-18-15)20-13-7-8-26(23,24)11-13/h3-6,9-10,13H,2,7-8,11H2,1H3,(H,19,20)(H,21,22). The second kappa shape index (κ2) is 7.69. The summed E-state index contributed by atoms with van der Waals surface area (Å²) >= 11 is 0. The predicted molar refractivity (Wildman–Crippen MR) is 98.3 cm³/mol. The van der Waals surface area contributed by atoms with E-state index in [2.05, 4.69) is 20.6 Å². The minimum Gasteiger partial charge on any atom is -0.494 e. The summed E-state index contributed by atoms with van der Waals surface area (Å²) in [7, 11) is -2.96. The number of carbonyl (C=O) groups excluding carboxylic acids is 1. The third-order valence-electron chi connectivity index (χ3n) is 3.89. The lowest BCUT2D eigenvalue weighted by Crippen LogP contribution is -2.22. The van der Waals surface area contributed by atoms with Crippen molar-refractivity contribution in [2.45, 2.75) is 19.4 Å². The van der Waals surface area contributed by atoms with E-state index >= 15 is 0 Å². The molecule has 138 valence electrons. The summed E-state index contributed by atoms with van der Waals surface area (Å²) in [6.07, 6.45) is 3.33. The summed E-state index contributed by atoms with van der Waals surface area (Å²) in [6, 6.07) is 6.86. The number of benzene rings is 1. The van der Waals surface area contributed by atoms with Crippen molar-refractivity contribution in [3.63, 3.8) is 0 Å². The lowest BCUT2D eigenvalue weighted by Gasteiger charge is -2.11. The van der Waals surface area contributed by atoms with Crippen LogP contribution in [0.25, 0.3) is 0 Å². The van der Waals surface area contributed by atoms with Crippen molar-refractivity contribution >= 4 is 27.2 Å². The zero-order valence-corrected chi connectivity index (χ0v) is 15.1. The number of nitrogens with zero attached hydrogens (tertiary/aromatic N) is 2. The SMILES string of the molecule is CCOc1ccc(NC(=O)c2cnc(NC3CCS(=O)(=O)C3)cn2)cc1. The number of hydrogen-bond donors (Lipinski definition) is 2. The summed E-state index contributed by atoms with van der Waals surface area (Å²) in [6.45, 7) is 2.48. The second-order valence-electron chi connectivity index (χ2n) is 5.94. The Labute approximate surface area is 151 Å². The van der Waals surface area contributed by atoms with Gasteiger partial charge in [0.05, 0.1) is 30.5 Å². The Balaban J connectivity index is 1.58. The van der Waals surface area contributed by atoms with Crippen molar-refractivity contribution in [1.29, 1.82) is 0 Å². The molecule has 26 heavy (non-hydrogen) atoms. The topological polar surface area (TPSA) is 110 Å². The number of hydrogen-bond acceptors (Lipinski definition) is 7. The lowest BCUT2D eigenvalue weighted by atomic mass is 10.2. The molecule has 9 heteroatoms. The average molecular weight is 376 g/mol. The van der Waals surface area contributed by atoms with Gasteiger partial charge < -0.3 is 15.4 Å². The van der Waals surface area contributed by atoms with Gasteiger partial charge in [0.25, 0.3) is 5.91 Å². The molecule has 1 amide bonds. The second-order valence-corrected chi connectivity index (χ2v) is 8.17. The van der Waals surface area contributed by atoms with E-state index < -0.39 is 9.84 Å². The summed E-state index contributed by atoms with van der Waals surface area (Å²) in [5, 5.41) is 5.77. The number of anilines is 2. The maximum atomic E-state index is 12.2. The first-order valence-electron chi connectivity index (χ1n) is 8.28. The molecular weight excluding hydrogens is 356 g/mol. The van der Waals surface area contributed by atoms with E-state index in [0.717, 1.165) is 5.75 Å². The van der Waals surface area contributed by atoms with Gasteiger partial charge in [-0.1, -0.05) is 0 Å². The highest BCUT2D eigenvalue weighted by Crippen LogP contribution is 2.17. The van der Waals surface area contributed by atoms with E-state index in [0.29, 0.717) is 24.5 Å². The third kappa shape index (κ3) is 4.69. The van der Waals surface area contributed by atoms with Crippen LogP contribution in [0.2, 0.25) is 0 Å². The predicted octanol–water partition coefficient (Wildman–Crippen LogP) is 1.73. The van der Waals surface area contributed by atoms with Crippen LogP contribution >= 0.6 is 0 Å². The van der Waals surface area contributed by atoms with Crippen LogP contribution in [0.4, 0.5) is 11.5 Å². The number of amides is 1. The third-order valence-corrected chi connectivity index (χ3v) is 5.66. The quantitative estimate of drug-likeness (QED) is 0.790. The number of rotatable bonds is 6. The van der Waals surface area contributed by atoms with Crippen LogP contribution in [0.3, 0.4) is 0 Å². The van der Waals surface area contributed by atoms with Crippen LogP contribution in [0.15, 0.2) is 36.7 Å². The van der Waals surface area contributed by atoms with Gasteiger partial charge >= 0.3 is 0 Å². The Morgan fingerprint density at radius 1 is 1.23 bits per heavy atom. The molecule has 1 aromatic heterocycles. The molecule has 1 atom stereocenters. The molecule has 1 aliphatic rings. The molecule has 1 saturated heterocycles. The molecule has 1 fully saturated rings. The van der Waals surface area contributed by atoms with Gasteiger partial charge in [0, 0.05) is 11.7 Å². The zero-order chi connectivity index (χ0) is 18.6. The molecule has 0 saturated carbocycles. The molecule has 2 aromatic rings. The molecule has 0 spiro atoms. The molecule has 8 nitrogen and oxygen atoms in total. The normalized spacial score (nSPS) is 18.3. The fourth-order valence-electron chi connectivity index (χ4n) is 2.63. The summed E-state index contributed by atoms with van der Waals surface area (Å²) in [4.78, 5) is 20.5. The molecule has 0 bridgehead atoms. The van der Waals surface area contributed by atoms with Crippen molar-refractivity contribution in [2.75, 3.05) is 28.7 Å². The van der Waals surface area contributed by atoms with Crippen molar-refractivity contribution in [3.8, 4) is 5.75 Å². The van der Waals surface area contributed by atoms with Crippen LogP contribution < -0.4 is 15.4 Å². The maximum Gasteiger partial charge on any atom is 0.275 e. The highest BCUT2D eigenvalue weighted by molar-refractivity contribution is 7.91. The largest absolute Gasteiger partial charge is 0.494 e. The van der Waals surface area contributed by atoms with E-state index in [9.17, 15) is 13.2 Å². The Hall–Kier alpha value is -2.68. The molecular formula is C17H20N4O4S. The van der Waals surface area contributed by atoms with Crippen molar-refractivity contribution in [1.82, 2.24) is 9.97 Å². The Morgan fingerprint density at radius 3 is 2.58 bits per heavy atom. The highest BCUT2D eigenvalue weighted by Gasteiger charge is 2.27. The Bertz CT molecular complexity index is 867. The average Bonchev–Trinajstić information content (AvgIpc) is 2.96. The minimum absolute atomic E-state index is 0.0919. The zero-order valence-electron chi connectivity index (χ0n) is 14.3. The van der Waals surface area contributed by atoms with Crippen molar-refractivity contribution in [3.05, 3.63) is 42.4 Å². The fraction of sp³-hybridized carbons (Fsp3) is 0.353. The number of nitrogens with one attached hydrogen (secondary N) is 2. The van der Waals surface area contributed by atoms with E-state index in [1.165, 1.54) is 12.4 Å². The number of sulfone groups is 1. The molecule has 2 heterocycles. The molecule has 3 rings (SSSR count). The van der Waals surface area contributed by atoms with Gasteiger partial charge in [0.15, 0.2) is 9.84 Å². The molecule has 0 radical (unpaired) electrons. The van der Waals surface area contributed by atoms with Gasteiger partial charge in [0.1, 0.15) is 17.3 Å². The highest BCUT2D eigenvalue weighted by atomic mass is 32.2. The van der Waals surface area contributed by atoms with Gasteiger partial charge in [-0.25, -0.2) is 18.4 Å². The van der Waals surface area contributed by atoms with Crippen LogP contribution in [0.1, 0.15) is 23.8 Å². The summed E-state index contributed by atoms with van der Waals surface area (Å²) in [5.74, 6) is 1.08. The number of aromatic nitrogens is 2. The maximum absolute atomic E-state index is 12.2. The van der Waals surface area contributed by atoms with Crippen LogP contribution in [-0.4, -0.2) is 48.4 Å². The number of carbonyl (C=O) groups is 1. The monoisotopic (exact) mass is 376 g/mol. The van der Waals surface area contributed by atoms with E-state index in [1.807, 2.05) is 6.92 Å². The minimum atomic E-state index is -2.96. The van der Waals surface area contributed by atoms with Crippen molar-refractivity contribution < 1.29 is 17.9 Å². The van der Waals surface area contributed by atoms with Gasteiger partial charge in [-0.05, 0) is 37.6 Å². The van der Waals surface area contributed by atoms with Crippen LogP contribution in [0.5, 0.6) is 5.75 Å². The van der Waals surface area contributed by atoms with E-state index in [-0.39, 0.29) is 29.1 Å². The first-order valence-corrected chi connectivity index (χ1v) is 10.1. The van der Waals surface area contributed by atoms with Crippen molar-refractivity contribution in [2.24, 2.45) is 0 Å². The fourth-order valence-corrected chi connectivity index (χ4v) is 4.31. The van der Waals surface area contributed by atoms with Gasteiger partial charge in [-0.2, -0.15) is 0 Å². The van der Waals surface area contributed by atoms with Crippen LogP contribution in [0, 0.1) is 0 Å². The molecule has 1 aliphatic heterocycles. The smallest absolute Gasteiger partial charge is 0.275 e. The molecule has 1 aromatic carbocycles. The molecule has 0 aliphatic carbocycles. The lowest BCUT2D eigenvalue weighted by molar-refractivity contribution is 0.102. The van der Waals surface area contributed by atoms with Crippen LogP contribution in [-0.2, 0) is 9.84 Å². The molecule has 1 unspecified atom stereocenters. The Morgan fingerprint density at radius 2 is 2.00 bits per heavy atom.